The molecule has 0 spiro atoms. The van der Waals surface area contributed by atoms with Crippen LogP contribution in [-0.4, -0.2) is 27.2 Å². The fourth-order valence-electron chi connectivity index (χ4n) is 6.90. The van der Waals surface area contributed by atoms with Gasteiger partial charge in [0.15, 0.2) is 0 Å². The predicted octanol–water partition coefficient (Wildman–Crippen LogP) is 3.82. The number of hydrogen-bond donors (Lipinski definition) is 2. The van der Waals surface area contributed by atoms with Gasteiger partial charge in [-0.3, -0.25) is 19.3 Å². The summed E-state index contributed by atoms with van der Waals surface area (Å²) in [6.45, 7) is 0. The third-order valence-corrected chi connectivity index (χ3v) is 10.6. The molecule has 33 heavy (non-hydrogen) atoms. The monoisotopic (exact) mass is 476 g/mol. The van der Waals surface area contributed by atoms with E-state index in [1.807, 2.05) is 42.5 Å². The van der Waals surface area contributed by atoms with Gasteiger partial charge in [0.05, 0.1) is 22.5 Å². The molecule has 8 heteroatoms. The van der Waals surface area contributed by atoms with E-state index in [1.165, 1.54) is 16.2 Å². The number of nitrogens with zero attached hydrogens (tertiary/aromatic N) is 1. The SMILES string of the molecule is O=C1[C@@H]2[C@H]3C[C@H]([C@H]4Sc5[nH]c(=O)sc5[C@@H](c5ccc(O)cc5)[C@H]34)[C@@H]2C(=O)N1c1ccccc1. The summed E-state index contributed by atoms with van der Waals surface area (Å²) in [5.74, 6) is -0.213. The average Bonchev–Trinajstić information content (AvgIpc) is 3.54. The number of anilines is 1. The first-order valence-electron chi connectivity index (χ1n) is 11.1. The quantitative estimate of drug-likeness (QED) is 0.549. The summed E-state index contributed by atoms with van der Waals surface area (Å²) >= 11 is 2.93. The minimum atomic E-state index is -0.304. The van der Waals surface area contributed by atoms with Crippen molar-refractivity contribution in [3.63, 3.8) is 0 Å². The number of phenolic OH excluding ortho intramolecular Hbond substituents is 1. The molecule has 4 aliphatic rings. The van der Waals surface area contributed by atoms with Crippen molar-refractivity contribution in [1.29, 1.82) is 0 Å². The van der Waals surface area contributed by atoms with Crippen LogP contribution in [0.3, 0.4) is 0 Å². The molecule has 2 N–H and O–H groups in total. The maximum Gasteiger partial charge on any atom is 0.305 e. The van der Waals surface area contributed by atoms with E-state index >= 15 is 0 Å². The van der Waals surface area contributed by atoms with Gasteiger partial charge in [-0.15, -0.1) is 11.8 Å². The molecule has 3 aromatic rings. The summed E-state index contributed by atoms with van der Waals surface area (Å²) in [6, 6.07) is 16.4. The molecule has 1 aromatic heterocycles. The maximum atomic E-state index is 13.6. The Balaban J connectivity index is 1.34. The van der Waals surface area contributed by atoms with Gasteiger partial charge in [0.2, 0.25) is 11.8 Å². The number of carbonyl (C=O) groups excluding carboxylic acids is 2. The van der Waals surface area contributed by atoms with Gasteiger partial charge in [0.1, 0.15) is 5.75 Å². The van der Waals surface area contributed by atoms with Crippen molar-refractivity contribution in [2.45, 2.75) is 22.6 Å². The minimum Gasteiger partial charge on any atom is -0.508 e. The molecular formula is C25H20N2O4S2. The van der Waals surface area contributed by atoms with Crippen molar-refractivity contribution in [1.82, 2.24) is 4.98 Å². The zero-order chi connectivity index (χ0) is 22.4. The lowest BCUT2D eigenvalue weighted by Gasteiger charge is -2.43. The lowest BCUT2D eigenvalue weighted by molar-refractivity contribution is -0.123. The number of fused-ring (bicyclic) bond motifs is 9. The van der Waals surface area contributed by atoms with Crippen LogP contribution < -0.4 is 9.77 Å². The summed E-state index contributed by atoms with van der Waals surface area (Å²) in [4.78, 5) is 44.8. The molecule has 0 radical (unpaired) electrons. The number of thioether (sulfide) groups is 1. The van der Waals surface area contributed by atoms with Crippen molar-refractivity contribution in [2.75, 3.05) is 4.90 Å². The third-order valence-electron chi connectivity index (χ3n) is 7.99. The smallest absolute Gasteiger partial charge is 0.305 e. The first kappa shape index (κ1) is 19.6. The molecule has 2 bridgehead atoms. The van der Waals surface area contributed by atoms with Crippen LogP contribution >= 0.6 is 23.1 Å². The summed E-state index contributed by atoms with van der Waals surface area (Å²) < 4.78 is 0. The number of amides is 2. The van der Waals surface area contributed by atoms with E-state index in [2.05, 4.69) is 4.98 Å². The molecule has 2 aromatic carbocycles. The van der Waals surface area contributed by atoms with E-state index in [1.54, 1.807) is 23.9 Å². The minimum absolute atomic E-state index is 0.0274. The second kappa shape index (κ2) is 6.84. The Kier molecular flexibility index (Phi) is 4.06. The Hall–Kier alpha value is -2.84. The molecule has 3 heterocycles. The van der Waals surface area contributed by atoms with Crippen molar-refractivity contribution in [3.05, 3.63) is 74.7 Å². The molecule has 2 aliphatic carbocycles. The zero-order valence-corrected chi connectivity index (χ0v) is 19.0. The van der Waals surface area contributed by atoms with Crippen LogP contribution in [0.15, 0.2) is 64.4 Å². The van der Waals surface area contributed by atoms with Crippen molar-refractivity contribution in [3.8, 4) is 5.75 Å². The normalized spacial score (nSPS) is 33.8. The Labute approximate surface area is 197 Å². The van der Waals surface area contributed by atoms with Crippen molar-refractivity contribution in [2.24, 2.45) is 29.6 Å². The van der Waals surface area contributed by atoms with E-state index in [-0.39, 0.29) is 63.2 Å². The largest absolute Gasteiger partial charge is 0.508 e. The topological polar surface area (TPSA) is 90.5 Å². The maximum absolute atomic E-state index is 13.6. The summed E-state index contributed by atoms with van der Waals surface area (Å²) in [5, 5.41) is 10.9. The molecular weight excluding hydrogens is 456 g/mol. The number of aromatic hydroxyl groups is 1. The number of aromatic nitrogens is 1. The highest BCUT2D eigenvalue weighted by molar-refractivity contribution is 8.00. The first-order chi connectivity index (χ1) is 16.0. The number of benzene rings is 2. The fraction of sp³-hybridized carbons (Fsp3) is 0.320. The number of carbonyl (C=O) groups is 2. The van der Waals surface area contributed by atoms with Crippen LogP contribution in [-0.2, 0) is 9.59 Å². The number of imide groups is 1. The van der Waals surface area contributed by atoms with Gasteiger partial charge in [-0.1, -0.05) is 41.7 Å². The highest BCUT2D eigenvalue weighted by Gasteiger charge is 2.69. The standard InChI is InChI=1S/C25H20N2O4S2/c28-13-8-6-11(7-9-13)16-17-14-10-15(20(17)32-22-21(16)33-25(31)26-22)19-18(14)23(29)27(24(19)30)12-4-2-1-3-5-12/h1-9,14-20,28H,10H2,(H,26,31)/t14-,15-,16-,17-,18+,19-,20+/m0/s1. The van der Waals surface area contributed by atoms with Gasteiger partial charge in [0, 0.05) is 16.0 Å². The molecule has 0 unspecified atom stereocenters. The molecule has 6 nitrogen and oxygen atoms in total. The van der Waals surface area contributed by atoms with Crippen LogP contribution in [0, 0.1) is 29.6 Å². The van der Waals surface area contributed by atoms with Crippen LogP contribution in [0.1, 0.15) is 22.8 Å². The number of nitrogens with one attached hydrogen (secondary N) is 1. The van der Waals surface area contributed by atoms with Gasteiger partial charge < -0.3 is 10.1 Å². The fourth-order valence-corrected chi connectivity index (χ4v) is 9.79. The molecule has 3 fully saturated rings. The molecule has 2 saturated carbocycles. The molecule has 2 aliphatic heterocycles. The van der Waals surface area contributed by atoms with Crippen LogP contribution in [0.25, 0.3) is 0 Å². The van der Waals surface area contributed by atoms with E-state index in [4.69, 9.17) is 0 Å². The van der Waals surface area contributed by atoms with Crippen molar-refractivity contribution < 1.29 is 14.7 Å². The molecule has 2 amide bonds. The van der Waals surface area contributed by atoms with E-state index < -0.39 is 0 Å². The molecule has 7 rings (SSSR count). The number of phenols is 1. The molecule has 7 atom stereocenters. The predicted molar refractivity (Wildman–Crippen MR) is 126 cm³/mol. The van der Waals surface area contributed by atoms with Gasteiger partial charge >= 0.3 is 4.87 Å². The highest BCUT2D eigenvalue weighted by Crippen LogP contribution is 2.68. The lowest BCUT2D eigenvalue weighted by Crippen LogP contribution is -2.42. The number of hydrogen-bond acceptors (Lipinski definition) is 6. The summed E-state index contributed by atoms with van der Waals surface area (Å²) in [5.41, 5.74) is 1.69. The highest BCUT2D eigenvalue weighted by atomic mass is 32.2. The second-order valence-electron chi connectivity index (χ2n) is 9.40. The summed E-state index contributed by atoms with van der Waals surface area (Å²) in [7, 11) is 0. The Morgan fingerprint density at radius 1 is 0.909 bits per heavy atom. The van der Waals surface area contributed by atoms with Gasteiger partial charge in [-0.05, 0) is 54.0 Å². The average molecular weight is 477 g/mol. The number of thiazole rings is 1. The van der Waals surface area contributed by atoms with Crippen LogP contribution in [0.5, 0.6) is 5.75 Å². The Bertz CT molecular complexity index is 1350. The van der Waals surface area contributed by atoms with E-state index in [0.29, 0.717) is 5.69 Å². The van der Waals surface area contributed by atoms with E-state index in [0.717, 1.165) is 21.9 Å². The Morgan fingerprint density at radius 2 is 1.61 bits per heavy atom. The molecule has 1 saturated heterocycles. The number of para-hydroxylation sites is 1. The second-order valence-corrected chi connectivity index (χ2v) is 11.6. The number of H-pyrrole nitrogens is 1. The first-order valence-corrected chi connectivity index (χ1v) is 12.8. The zero-order valence-electron chi connectivity index (χ0n) is 17.4. The van der Waals surface area contributed by atoms with Crippen molar-refractivity contribution >= 4 is 40.6 Å². The summed E-state index contributed by atoms with van der Waals surface area (Å²) in [6.07, 6.45) is 0.867. The van der Waals surface area contributed by atoms with Gasteiger partial charge in [-0.2, -0.15) is 0 Å². The Morgan fingerprint density at radius 3 is 2.33 bits per heavy atom. The number of aromatic amines is 1. The molecule has 166 valence electrons. The van der Waals surface area contributed by atoms with Crippen LogP contribution in [0.4, 0.5) is 5.69 Å². The van der Waals surface area contributed by atoms with Gasteiger partial charge in [0.25, 0.3) is 0 Å². The van der Waals surface area contributed by atoms with E-state index in [9.17, 15) is 19.5 Å². The van der Waals surface area contributed by atoms with Gasteiger partial charge in [-0.25, -0.2) is 0 Å². The van der Waals surface area contributed by atoms with Crippen LogP contribution in [0.2, 0.25) is 0 Å². The number of rotatable bonds is 2. The lowest BCUT2D eigenvalue weighted by atomic mass is 9.68. The third kappa shape index (κ3) is 2.59.